The number of carbonyl (C=O) groups is 1. The summed E-state index contributed by atoms with van der Waals surface area (Å²) in [6.45, 7) is 8.51. The van der Waals surface area contributed by atoms with Crippen LogP contribution < -0.4 is 9.47 Å². The summed E-state index contributed by atoms with van der Waals surface area (Å²) in [5.74, 6) is 0.892. The molecule has 54 heavy (non-hydrogen) atoms. The third kappa shape index (κ3) is 13.2. The normalized spacial score (nSPS) is 14.9. The second-order valence-electron chi connectivity index (χ2n) is 14.0. The van der Waals surface area contributed by atoms with Crippen LogP contribution in [0.3, 0.4) is 0 Å². The Morgan fingerprint density at radius 3 is 2.07 bits per heavy atom. The van der Waals surface area contributed by atoms with Crippen molar-refractivity contribution < 1.29 is 42.0 Å². The van der Waals surface area contributed by atoms with Crippen LogP contribution in [0.5, 0.6) is 11.5 Å². The molecule has 298 valence electrons. The zero-order chi connectivity index (χ0) is 39.3. The summed E-state index contributed by atoms with van der Waals surface area (Å²) >= 11 is 0. The Kier molecular flexibility index (Phi) is 17.5. The number of hydrogen-bond acceptors (Lipinski definition) is 8. The monoisotopic (exact) mass is 805 g/mol. The molecule has 0 heterocycles. The molecule has 0 saturated carbocycles. The summed E-state index contributed by atoms with van der Waals surface area (Å²) < 4.78 is 58.1. The fraction of sp³-hybridized carbons (Fsp3) is 0.537. The molecule has 1 aliphatic carbocycles. The predicted molar refractivity (Wildman–Crippen MR) is 222 cm³/mol. The molecular formula is C41H59NO9S3+2. The first kappa shape index (κ1) is 43.9. The highest BCUT2D eigenvalue weighted by molar-refractivity contribution is 7.95. The van der Waals surface area contributed by atoms with Crippen molar-refractivity contribution in [1.82, 2.24) is 4.31 Å². The number of sulfonamides is 1. The van der Waals surface area contributed by atoms with Crippen LogP contribution in [0.25, 0.3) is 11.1 Å². The average molecular weight is 806 g/mol. The molecule has 4 rings (SSSR count). The lowest BCUT2D eigenvalue weighted by atomic mass is 9.90. The highest BCUT2D eigenvalue weighted by Crippen LogP contribution is 2.42. The van der Waals surface area contributed by atoms with Crippen LogP contribution in [0.15, 0.2) is 54.6 Å². The van der Waals surface area contributed by atoms with Crippen LogP contribution in [-0.2, 0) is 57.2 Å². The van der Waals surface area contributed by atoms with Crippen molar-refractivity contribution in [2.75, 3.05) is 88.8 Å². The molecule has 10 nitrogen and oxygen atoms in total. The molecule has 0 spiro atoms. The maximum Gasteiger partial charge on any atom is 0.303 e. The fourth-order valence-corrected chi connectivity index (χ4v) is 8.98. The van der Waals surface area contributed by atoms with Crippen LogP contribution in [0.1, 0.15) is 59.6 Å². The molecule has 2 atom stereocenters. The first-order chi connectivity index (χ1) is 25.8. The Hall–Kier alpha value is -2.78. The first-order valence-electron chi connectivity index (χ1n) is 18.4. The van der Waals surface area contributed by atoms with Crippen molar-refractivity contribution in [1.29, 1.82) is 0 Å². The minimum absolute atomic E-state index is 0.144. The number of nitrogens with zero attached hydrogens (tertiary/aromatic N) is 1. The number of ether oxygens (including phenoxy) is 5. The molecule has 1 unspecified atom stereocenters. The molecular weight excluding hydrogens is 747 g/mol. The highest BCUT2D eigenvalue weighted by atomic mass is 32.2. The van der Waals surface area contributed by atoms with Gasteiger partial charge in [0.05, 0.1) is 57.0 Å². The quantitative estimate of drug-likeness (QED) is 0.0628. The summed E-state index contributed by atoms with van der Waals surface area (Å²) in [5, 5.41) is 9.78. The molecule has 0 saturated heterocycles. The number of hydrogen-bond donors (Lipinski definition) is 1. The largest absolute Gasteiger partial charge is 0.491 e. The Morgan fingerprint density at radius 1 is 0.870 bits per heavy atom. The van der Waals surface area contributed by atoms with Crippen molar-refractivity contribution in [3.63, 3.8) is 0 Å². The summed E-state index contributed by atoms with van der Waals surface area (Å²) in [6, 6.07) is 17.7. The number of aryl methyl sites for hydroxylation is 2. The zero-order valence-electron chi connectivity index (χ0n) is 32.9. The van der Waals surface area contributed by atoms with E-state index in [4.69, 9.17) is 23.7 Å². The Balaban J connectivity index is 1.47. The predicted octanol–water partition coefficient (Wildman–Crippen LogP) is 6.35. The maximum absolute atomic E-state index is 13.8. The van der Waals surface area contributed by atoms with Gasteiger partial charge in [-0.25, -0.2) is 8.42 Å². The lowest BCUT2D eigenvalue weighted by Gasteiger charge is -2.25. The Bertz CT molecular complexity index is 1710. The number of benzene rings is 3. The standard InChI is InChI=1S/C41H58NO9S3/c1-8-47-18-19-50-35-24-30(2)41(31(3)25-35)38-11-9-10-37-36(38)16-17-39(37)51-34-14-12-32(13-15-34)33(26-40(43)44)27-54(45,46)42(28-48-20-22-52(4)5)29-49-21-23-53(6)7/h9-15,24-25,33,39H,8,16-23,26-29H2,1-7H3/q+1/p+1/t33?,39-/m1/s1. The fourth-order valence-electron chi connectivity index (χ4n) is 6.58. The summed E-state index contributed by atoms with van der Waals surface area (Å²) in [5.41, 5.74) is 7.73. The van der Waals surface area contributed by atoms with E-state index in [1.807, 2.05) is 6.92 Å². The molecule has 1 aliphatic rings. The summed E-state index contributed by atoms with van der Waals surface area (Å²) in [4.78, 5) is 12.0. The SMILES string of the molecule is CCOCCOc1cc(C)c(-c2cccc3c2CC[C@H]3Oc2ccc(C(CC(=O)O)CS(=O)(=O)N(COCC[S+](C)C)COCC[S+](C)C)cc2)c(C)c1. The van der Waals surface area contributed by atoms with E-state index in [0.29, 0.717) is 44.3 Å². The van der Waals surface area contributed by atoms with Crippen LogP contribution in [0.4, 0.5) is 0 Å². The van der Waals surface area contributed by atoms with E-state index < -0.39 is 21.9 Å². The molecule has 3 aromatic rings. The van der Waals surface area contributed by atoms with Crippen LogP contribution in [0.2, 0.25) is 0 Å². The van der Waals surface area contributed by atoms with Crippen molar-refractivity contribution in [3.8, 4) is 22.6 Å². The van der Waals surface area contributed by atoms with E-state index in [9.17, 15) is 18.3 Å². The van der Waals surface area contributed by atoms with E-state index in [1.165, 1.54) is 21.0 Å². The second-order valence-corrected chi connectivity index (χ2v) is 20.8. The molecule has 0 bridgehead atoms. The van der Waals surface area contributed by atoms with Crippen molar-refractivity contribution in [2.45, 2.75) is 52.1 Å². The van der Waals surface area contributed by atoms with E-state index in [0.717, 1.165) is 46.8 Å². The first-order valence-corrected chi connectivity index (χ1v) is 24.5. The number of rotatable bonds is 24. The third-order valence-corrected chi connectivity index (χ3v) is 13.1. The van der Waals surface area contributed by atoms with Gasteiger partial charge in [0.15, 0.2) is 0 Å². The topological polar surface area (TPSA) is 121 Å². The van der Waals surface area contributed by atoms with Gasteiger partial charge in [-0.2, -0.15) is 4.31 Å². The van der Waals surface area contributed by atoms with E-state index in [2.05, 4.69) is 69.2 Å². The molecule has 0 fully saturated rings. The lowest BCUT2D eigenvalue weighted by molar-refractivity contribution is -0.137. The smallest absolute Gasteiger partial charge is 0.303 e. The number of aliphatic carboxylic acids is 1. The van der Waals surface area contributed by atoms with E-state index in [-0.39, 0.29) is 53.5 Å². The van der Waals surface area contributed by atoms with Gasteiger partial charge in [0, 0.05) is 12.5 Å². The van der Waals surface area contributed by atoms with Gasteiger partial charge in [0.25, 0.3) is 0 Å². The van der Waals surface area contributed by atoms with Gasteiger partial charge in [0.1, 0.15) is 49.2 Å². The van der Waals surface area contributed by atoms with Gasteiger partial charge in [-0.1, -0.05) is 30.3 Å². The Labute approximate surface area is 328 Å². The molecule has 0 aliphatic heterocycles. The van der Waals surface area contributed by atoms with Crippen molar-refractivity contribution in [3.05, 3.63) is 82.4 Å². The lowest BCUT2D eigenvalue weighted by Crippen LogP contribution is -2.39. The number of carboxylic acid groups (broad SMARTS) is 1. The van der Waals surface area contributed by atoms with Gasteiger partial charge in [0.2, 0.25) is 10.0 Å². The van der Waals surface area contributed by atoms with Gasteiger partial charge in [-0.15, -0.1) is 0 Å². The van der Waals surface area contributed by atoms with Gasteiger partial charge < -0.3 is 28.8 Å². The van der Waals surface area contributed by atoms with Crippen molar-refractivity contribution >= 4 is 37.8 Å². The molecule has 1 N–H and O–H groups in total. The minimum atomic E-state index is -3.94. The molecule has 0 amide bonds. The summed E-state index contributed by atoms with van der Waals surface area (Å²) in [7, 11) is -3.62. The van der Waals surface area contributed by atoms with Crippen molar-refractivity contribution in [2.24, 2.45) is 0 Å². The van der Waals surface area contributed by atoms with Gasteiger partial charge in [-0.05, 0) is 119 Å². The van der Waals surface area contributed by atoms with Gasteiger partial charge in [-0.3, -0.25) is 4.79 Å². The Morgan fingerprint density at radius 2 is 1.50 bits per heavy atom. The molecule has 0 aromatic heterocycles. The number of carboxylic acids is 1. The third-order valence-electron chi connectivity index (χ3n) is 9.29. The second kappa shape index (κ2) is 21.5. The van der Waals surface area contributed by atoms with Crippen LogP contribution >= 0.6 is 0 Å². The molecule has 0 radical (unpaired) electrons. The van der Waals surface area contributed by atoms with E-state index >= 15 is 0 Å². The molecule has 3 aromatic carbocycles. The number of fused-ring (bicyclic) bond motifs is 1. The van der Waals surface area contributed by atoms with Gasteiger partial charge >= 0.3 is 5.97 Å². The average Bonchev–Trinajstić information content (AvgIpc) is 3.51. The molecule has 13 heteroatoms. The maximum atomic E-state index is 13.8. The highest BCUT2D eigenvalue weighted by Gasteiger charge is 2.31. The van der Waals surface area contributed by atoms with Crippen LogP contribution in [-0.4, -0.2) is 113 Å². The van der Waals surface area contributed by atoms with Crippen LogP contribution in [0, 0.1) is 13.8 Å². The minimum Gasteiger partial charge on any atom is -0.491 e. The summed E-state index contributed by atoms with van der Waals surface area (Å²) in [6.07, 6.45) is 9.63. The van der Waals surface area contributed by atoms with E-state index in [1.54, 1.807) is 24.3 Å². The zero-order valence-corrected chi connectivity index (χ0v) is 35.4.